The minimum absolute atomic E-state index is 0. The molecule has 0 N–H and O–H groups in total. The molecule has 0 radical (unpaired) electrons. The van der Waals surface area contributed by atoms with Gasteiger partial charge in [-0.25, -0.2) is 9.97 Å². The molecule has 4 heteroatoms. The summed E-state index contributed by atoms with van der Waals surface area (Å²) < 4.78 is 4.15. The van der Waals surface area contributed by atoms with E-state index in [1.54, 1.807) is 0 Å². The summed E-state index contributed by atoms with van der Waals surface area (Å²) >= 11 is 0. The highest BCUT2D eigenvalue weighted by atomic mass is 15.0. The highest BCUT2D eigenvalue weighted by Crippen LogP contribution is 1.93. The first kappa shape index (κ1) is 15.4. The number of hydrogen-bond acceptors (Lipinski definition) is 2. The van der Waals surface area contributed by atoms with Gasteiger partial charge in [-0.15, -0.1) is 0 Å². The standard InChI is InChI=1S/2C6H10N2.CH4/c1-3-8-4-6(2)7-5-8;1-3-8-5-7-4-6(8)2;/h2*4-5H,3H2,1-2H3;1H4. The molecule has 0 bridgehead atoms. The van der Waals surface area contributed by atoms with Crippen LogP contribution in [0.2, 0.25) is 0 Å². The summed E-state index contributed by atoms with van der Waals surface area (Å²) in [5, 5.41) is 0. The molecule has 0 atom stereocenters. The zero-order valence-electron chi connectivity index (χ0n) is 10.5. The first-order chi connectivity index (χ1) is 7.67. The van der Waals surface area contributed by atoms with Crippen LogP contribution in [0.15, 0.2) is 25.0 Å². The van der Waals surface area contributed by atoms with Gasteiger partial charge < -0.3 is 9.13 Å². The number of aryl methyl sites for hydroxylation is 4. The second-order valence-corrected chi connectivity index (χ2v) is 3.67. The third kappa shape index (κ3) is 4.85. The molecule has 0 aromatic carbocycles. The Hall–Kier alpha value is -1.58. The van der Waals surface area contributed by atoms with E-state index in [0.717, 1.165) is 18.8 Å². The van der Waals surface area contributed by atoms with Gasteiger partial charge in [0.05, 0.1) is 18.3 Å². The van der Waals surface area contributed by atoms with Gasteiger partial charge in [-0.1, -0.05) is 7.43 Å². The predicted octanol–water partition coefficient (Wildman–Crippen LogP) is 3.06. The molecular weight excluding hydrogens is 212 g/mol. The third-order valence-electron chi connectivity index (χ3n) is 2.39. The Kier molecular flexibility index (Phi) is 6.94. The van der Waals surface area contributed by atoms with Gasteiger partial charge in [0.1, 0.15) is 0 Å². The fourth-order valence-electron chi connectivity index (χ4n) is 1.36. The molecule has 0 spiro atoms. The van der Waals surface area contributed by atoms with E-state index in [4.69, 9.17) is 0 Å². The van der Waals surface area contributed by atoms with E-state index in [0.29, 0.717) is 0 Å². The average Bonchev–Trinajstić information content (AvgIpc) is 2.87. The van der Waals surface area contributed by atoms with E-state index in [1.165, 1.54) is 5.69 Å². The number of imidazole rings is 2. The van der Waals surface area contributed by atoms with E-state index < -0.39 is 0 Å². The van der Waals surface area contributed by atoms with Crippen molar-refractivity contribution >= 4 is 0 Å². The summed E-state index contributed by atoms with van der Waals surface area (Å²) in [5.74, 6) is 0. The SMILES string of the molecule is C.CCn1cnc(C)c1.CCn1cncc1C. The molecule has 2 heterocycles. The zero-order chi connectivity index (χ0) is 12.0. The van der Waals surface area contributed by atoms with Crippen LogP contribution >= 0.6 is 0 Å². The molecule has 2 rings (SSSR count). The Bertz CT molecular complexity index is 414. The lowest BCUT2D eigenvalue weighted by atomic mass is 10.5. The molecule has 2 aromatic heterocycles. The molecule has 0 unspecified atom stereocenters. The van der Waals surface area contributed by atoms with E-state index in [9.17, 15) is 0 Å². The van der Waals surface area contributed by atoms with Gasteiger partial charge in [0.15, 0.2) is 0 Å². The van der Waals surface area contributed by atoms with Gasteiger partial charge in [0, 0.05) is 31.2 Å². The van der Waals surface area contributed by atoms with Crippen LogP contribution < -0.4 is 0 Å². The second kappa shape index (κ2) is 7.65. The quantitative estimate of drug-likeness (QED) is 0.803. The maximum absolute atomic E-state index is 4.05. The van der Waals surface area contributed by atoms with E-state index in [1.807, 2.05) is 32.0 Å². The van der Waals surface area contributed by atoms with Gasteiger partial charge in [-0.05, 0) is 27.7 Å². The number of aromatic nitrogens is 4. The van der Waals surface area contributed by atoms with Crippen LogP contribution in [-0.4, -0.2) is 19.1 Å². The van der Waals surface area contributed by atoms with Crippen LogP contribution in [-0.2, 0) is 13.1 Å². The predicted molar refractivity (Wildman–Crippen MR) is 72.0 cm³/mol. The highest BCUT2D eigenvalue weighted by Gasteiger charge is 1.88. The van der Waals surface area contributed by atoms with Crippen molar-refractivity contribution in [2.24, 2.45) is 0 Å². The third-order valence-corrected chi connectivity index (χ3v) is 2.39. The van der Waals surface area contributed by atoms with Gasteiger partial charge >= 0.3 is 0 Å². The lowest BCUT2D eigenvalue weighted by Gasteiger charge is -1.95. The minimum Gasteiger partial charge on any atom is -0.337 e. The van der Waals surface area contributed by atoms with Crippen molar-refractivity contribution in [1.82, 2.24) is 19.1 Å². The molecule has 0 aliphatic heterocycles. The lowest BCUT2D eigenvalue weighted by molar-refractivity contribution is 0.737. The lowest BCUT2D eigenvalue weighted by Crippen LogP contribution is -1.92. The number of rotatable bonds is 2. The Labute approximate surface area is 104 Å². The van der Waals surface area contributed by atoms with Crippen LogP contribution in [0, 0.1) is 13.8 Å². The summed E-state index contributed by atoms with van der Waals surface area (Å²) in [5.41, 5.74) is 2.32. The fourth-order valence-corrected chi connectivity index (χ4v) is 1.36. The van der Waals surface area contributed by atoms with Gasteiger partial charge in [-0.3, -0.25) is 0 Å². The summed E-state index contributed by atoms with van der Waals surface area (Å²) in [6.45, 7) is 10.3. The van der Waals surface area contributed by atoms with Crippen LogP contribution in [0.25, 0.3) is 0 Å². The summed E-state index contributed by atoms with van der Waals surface area (Å²) in [6, 6.07) is 0. The molecule has 0 aliphatic carbocycles. The largest absolute Gasteiger partial charge is 0.337 e. The Morgan fingerprint density at radius 2 is 1.82 bits per heavy atom. The number of nitrogens with zero attached hydrogens (tertiary/aromatic N) is 4. The molecular formula is C13H24N4. The first-order valence-corrected chi connectivity index (χ1v) is 5.62. The van der Waals surface area contributed by atoms with E-state index in [2.05, 4.69) is 39.9 Å². The molecule has 0 aliphatic rings. The topological polar surface area (TPSA) is 35.6 Å². The summed E-state index contributed by atoms with van der Waals surface area (Å²) in [7, 11) is 0. The minimum atomic E-state index is 0. The van der Waals surface area contributed by atoms with E-state index >= 15 is 0 Å². The highest BCUT2D eigenvalue weighted by molar-refractivity contribution is 4.93. The molecule has 96 valence electrons. The van der Waals surface area contributed by atoms with Crippen molar-refractivity contribution < 1.29 is 0 Å². The van der Waals surface area contributed by atoms with Gasteiger partial charge in [-0.2, -0.15) is 0 Å². The van der Waals surface area contributed by atoms with Crippen LogP contribution in [0.4, 0.5) is 0 Å². The molecule has 0 saturated carbocycles. The van der Waals surface area contributed by atoms with Crippen molar-refractivity contribution in [3.63, 3.8) is 0 Å². The molecule has 0 fully saturated rings. The van der Waals surface area contributed by atoms with Crippen molar-refractivity contribution in [3.05, 3.63) is 36.4 Å². The van der Waals surface area contributed by atoms with Crippen molar-refractivity contribution in [2.75, 3.05) is 0 Å². The molecule has 0 amide bonds. The Morgan fingerprint density at radius 3 is 2.06 bits per heavy atom. The smallest absolute Gasteiger partial charge is 0.0949 e. The first-order valence-electron chi connectivity index (χ1n) is 5.62. The van der Waals surface area contributed by atoms with Crippen LogP contribution in [0.5, 0.6) is 0 Å². The maximum Gasteiger partial charge on any atom is 0.0949 e. The Morgan fingerprint density at radius 1 is 1.12 bits per heavy atom. The van der Waals surface area contributed by atoms with Crippen molar-refractivity contribution in [1.29, 1.82) is 0 Å². The van der Waals surface area contributed by atoms with Crippen LogP contribution in [0.1, 0.15) is 32.7 Å². The summed E-state index contributed by atoms with van der Waals surface area (Å²) in [6.07, 6.45) is 7.58. The molecule has 4 nitrogen and oxygen atoms in total. The monoisotopic (exact) mass is 236 g/mol. The van der Waals surface area contributed by atoms with Crippen LogP contribution in [0.3, 0.4) is 0 Å². The number of hydrogen-bond donors (Lipinski definition) is 0. The average molecular weight is 236 g/mol. The Balaban J connectivity index is 0.000000284. The normalized spacial score (nSPS) is 9.18. The molecule has 0 saturated heterocycles. The van der Waals surface area contributed by atoms with Crippen molar-refractivity contribution in [3.8, 4) is 0 Å². The second-order valence-electron chi connectivity index (χ2n) is 3.67. The van der Waals surface area contributed by atoms with E-state index in [-0.39, 0.29) is 7.43 Å². The van der Waals surface area contributed by atoms with Gasteiger partial charge in [0.2, 0.25) is 0 Å². The van der Waals surface area contributed by atoms with Crippen molar-refractivity contribution in [2.45, 2.75) is 48.2 Å². The molecule has 17 heavy (non-hydrogen) atoms. The zero-order valence-corrected chi connectivity index (χ0v) is 10.5. The fraction of sp³-hybridized carbons (Fsp3) is 0.538. The maximum atomic E-state index is 4.05. The summed E-state index contributed by atoms with van der Waals surface area (Å²) in [4.78, 5) is 8.01. The van der Waals surface area contributed by atoms with Gasteiger partial charge in [0.25, 0.3) is 0 Å². The molecule has 2 aromatic rings.